The van der Waals surface area contributed by atoms with Crippen LogP contribution in [0.4, 0.5) is 11.6 Å². The molecule has 3 heterocycles. The number of nitrogens with two attached hydrogens (primary N) is 1. The smallest absolute Gasteiger partial charge is 0.146 e. The van der Waals surface area contributed by atoms with E-state index in [1.807, 2.05) is 29.0 Å². The molecule has 3 aromatic heterocycles. The first kappa shape index (κ1) is 21.1. The maximum atomic E-state index is 10.8. The van der Waals surface area contributed by atoms with Gasteiger partial charge in [-0.05, 0) is 67.5 Å². The minimum absolute atomic E-state index is 0.400. The molecule has 1 aromatic carbocycles. The van der Waals surface area contributed by atoms with Crippen molar-refractivity contribution in [3.8, 4) is 0 Å². The van der Waals surface area contributed by atoms with Crippen LogP contribution in [0, 0.1) is 0 Å². The van der Waals surface area contributed by atoms with E-state index >= 15 is 0 Å². The van der Waals surface area contributed by atoms with Gasteiger partial charge in [0.25, 0.3) is 0 Å². The van der Waals surface area contributed by atoms with Crippen molar-refractivity contribution in [3.63, 3.8) is 0 Å². The van der Waals surface area contributed by atoms with Crippen LogP contribution in [0.2, 0.25) is 0 Å². The Morgan fingerprint density at radius 2 is 1.91 bits per heavy atom. The summed E-state index contributed by atoms with van der Waals surface area (Å²) in [4.78, 5) is 13.2. The zero-order valence-corrected chi connectivity index (χ0v) is 18.8. The third kappa shape index (κ3) is 3.69. The second-order valence-corrected chi connectivity index (χ2v) is 9.38. The molecule has 4 aromatic rings. The van der Waals surface area contributed by atoms with E-state index in [2.05, 4.69) is 39.6 Å². The normalized spacial score (nSPS) is 22.8. The monoisotopic (exact) mass is 456 g/mol. The van der Waals surface area contributed by atoms with Gasteiger partial charge in [-0.25, -0.2) is 15.0 Å². The van der Waals surface area contributed by atoms with E-state index in [9.17, 15) is 10.2 Å². The standard InChI is InChI=1S/C26H28N6O2/c27-25-19-10-11-32(26(19)29-14-28-25)21-13-17(23(33)24(21)34)7-5-15-4-6-16-8-9-22(31-20(16)12-15)30-18-2-1-3-18/h4,6,8-14,18,21,23-24,33-34H,1-3,5,7H2,(H,30,31)(H2,27,28,29)/t21-,23-,24+/m1/s1. The lowest BCUT2D eigenvalue weighted by molar-refractivity contribution is 0.0317. The van der Waals surface area contributed by atoms with E-state index in [-0.39, 0.29) is 0 Å². The molecule has 8 heteroatoms. The third-order valence-electron chi connectivity index (χ3n) is 7.22. The Balaban J connectivity index is 1.21. The summed E-state index contributed by atoms with van der Waals surface area (Å²) in [6.45, 7) is 0. The molecule has 0 aliphatic heterocycles. The Morgan fingerprint density at radius 1 is 1.06 bits per heavy atom. The zero-order valence-electron chi connectivity index (χ0n) is 18.8. The van der Waals surface area contributed by atoms with Gasteiger partial charge >= 0.3 is 0 Å². The van der Waals surface area contributed by atoms with Crippen molar-refractivity contribution in [2.75, 3.05) is 11.1 Å². The lowest BCUT2D eigenvalue weighted by atomic mass is 9.93. The van der Waals surface area contributed by atoms with Crippen molar-refractivity contribution in [1.29, 1.82) is 0 Å². The molecule has 2 aliphatic rings. The molecule has 0 amide bonds. The quantitative estimate of drug-likeness (QED) is 0.328. The number of nitrogens with zero attached hydrogens (tertiary/aromatic N) is 4. The number of hydrogen-bond acceptors (Lipinski definition) is 7. The highest BCUT2D eigenvalue weighted by Gasteiger charge is 2.36. The largest absolute Gasteiger partial charge is 0.388 e. The highest BCUT2D eigenvalue weighted by atomic mass is 16.3. The fraction of sp³-hybridized carbons (Fsp3) is 0.346. The summed E-state index contributed by atoms with van der Waals surface area (Å²) in [6, 6.07) is 12.5. The molecular weight excluding hydrogens is 428 g/mol. The lowest BCUT2D eigenvalue weighted by Crippen LogP contribution is -2.29. The molecule has 0 bridgehead atoms. The molecule has 174 valence electrons. The summed E-state index contributed by atoms with van der Waals surface area (Å²) < 4.78 is 1.85. The van der Waals surface area contributed by atoms with Crippen molar-refractivity contribution in [1.82, 2.24) is 19.5 Å². The highest BCUT2D eigenvalue weighted by Crippen LogP contribution is 2.34. The second-order valence-electron chi connectivity index (χ2n) is 9.38. The molecular formula is C26H28N6O2. The molecule has 34 heavy (non-hydrogen) atoms. The maximum Gasteiger partial charge on any atom is 0.146 e. The SMILES string of the molecule is Nc1ncnc2c1ccn2[C@@H]1C=C(CCc2ccc3ccc(NC4CCC4)nc3c2)[C@@H](O)[C@H]1O. The average Bonchev–Trinajstić information content (AvgIpc) is 3.37. The molecule has 6 rings (SSSR count). The van der Waals surface area contributed by atoms with Crippen LogP contribution in [-0.4, -0.2) is 48.0 Å². The van der Waals surface area contributed by atoms with Crippen molar-refractivity contribution in [2.45, 2.75) is 56.4 Å². The number of rotatable bonds is 6. The number of anilines is 2. The fourth-order valence-corrected chi connectivity index (χ4v) is 4.98. The molecule has 5 N–H and O–H groups in total. The van der Waals surface area contributed by atoms with Gasteiger partial charge in [0.2, 0.25) is 0 Å². The summed E-state index contributed by atoms with van der Waals surface area (Å²) in [7, 11) is 0. The molecule has 1 fully saturated rings. The van der Waals surface area contributed by atoms with Gasteiger partial charge in [0.05, 0.1) is 16.9 Å². The molecule has 0 saturated heterocycles. The van der Waals surface area contributed by atoms with Gasteiger partial charge in [0.15, 0.2) is 0 Å². The lowest BCUT2D eigenvalue weighted by Gasteiger charge is -2.26. The van der Waals surface area contributed by atoms with Crippen molar-refractivity contribution < 1.29 is 10.2 Å². The third-order valence-corrected chi connectivity index (χ3v) is 7.22. The van der Waals surface area contributed by atoms with E-state index in [4.69, 9.17) is 10.7 Å². The van der Waals surface area contributed by atoms with Crippen molar-refractivity contribution >= 4 is 33.6 Å². The van der Waals surface area contributed by atoms with Gasteiger partial charge in [0, 0.05) is 17.6 Å². The van der Waals surface area contributed by atoms with Gasteiger partial charge in [-0.1, -0.05) is 18.2 Å². The van der Waals surface area contributed by atoms with E-state index in [1.165, 1.54) is 25.6 Å². The van der Waals surface area contributed by atoms with Crippen molar-refractivity contribution in [2.24, 2.45) is 0 Å². The maximum absolute atomic E-state index is 10.8. The van der Waals surface area contributed by atoms with Crippen molar-refractivity contribution in [3.05, 3.63) is 66.1 Å². The molecule has 0 spiro atoms. The van der Waals surface area contributed by atoms with Crippen LogP contribution in [0.3, 0.4) is 0 Å². The molecule has 1 saturated carbocycles. The number of aliphatic hydroxyl groups excluding tert-OH is 2. The van der Waals surface area contributed by atoms with Crippen LogP contribution in [0.25, 0.3) is 21.9 Å². The molecule has 2 aliphatic carbocycles. The first-order chi connectivity index (χ1) is 16.6. The zero-order chi connectivity index (χ0) is 23.2. The number of nitrogen functional groups attached to an aromatic ring is 1. The summed E-state index contributed by atoms with van der Waals surface area (Å²) in [5.41, 5.74) is 9.55. The van der Waals surface area contributed by atoms with Gasteiger partial charge in [-0.2, -0.15) is 0 Å². The number of fused-ring (bicyclic) bond motifs is 2. The molecule has 0 unspecified atom stereocenters. The van der Waals surface area contributed by atoms with Crippen LogP contribution < -0.4 is 11.1 Å². The van der Waals surface area contributed by atoms with Crippen LogP contribution in [0.1, 0.15) is 37.3 Å². The van der Waals surface area contributed by atoms with E-state index < -0.39 is 18.2 Å². The van der Waals surface area contributed by atoms with Gasteiger partial charge in [-0.3, -0.25) is 0 Å². The number of aromatic nitrogens is 4. The summed E-state index contributed by atoms with van der Waals surface area (Å²) in [5, 5.41) is 26.9. The highest BCUT2D eigenvalue weighted by molar-refractivity contribution is 5.86. The average molecular weight is 457 g/mol. The van der Waals surface area contributed by atoms with E-state index in [1.54, 1.807) is 0 Å². The number of pyridine rings is 1. The summed E-state index contributed by atoms with van der Waals surface area (Å²) >= 11 is 0. The molecule has 0 radical (unpaired) electrons. The van der Waals surface area contributed by atoms with Crippen LogP contribution in [-0.2, 0) is 6.42 Å². The van der Waals surface area contributed by atoms with Crippen LogP contribution in [0.15, 0.2) is 60.6 Å². The summed E-state index contributed by atoms with van der Waals surface area (Å²) in [6.07, 6.45) is 8.45. The Labute approximate surface area is 197 Å². The first-order valence-corrected chi connectivity index (χ1v) is 11.9. The number of hydrogen-bond donors (Lipinski definition) is 4. The molecule has 3 atom stereocenters. The number of nitrogens with one attached hydrogen (secondary N) is 1. The topological polar surface area (TPSA) is 122 Å². The summed E-state index contributed by atoms with van der Waals surface area (Å²) in [5.74, 6) is 1.33. The second kappa shape index (κ2) is 8.38. The Hall–Kier alpha value is -3.49. The van der Waals surface area contributed by atoms with Gasteiger partial charge < -0.3 is 25.8 Å². The minimum atomic E-state index is -0.944. The van der Waals surface area contributed by atoms with Gasteiger partial charge in [-0.15, -0.1) is 0 Å². The van der Waals surface area contributed by atoms with E-state index in [0.717, 1.165) is 39.7 Å². The predicted molar refractivity (Wildman–Crippen MR) is 132 cm³/mol. The van der Waals surface area contributed by atoms with Crippen LogP contribution >= 0.6 is 0 Å². The Kier molecular flexibility index (Phi) is 5.19. The first-order valence-electron chi connectivity index (χ1n) is 11.9. The Morgan fingerprint density at radius 3 is 2.74 bits per heavy atom. The minimum Gasteiger partial charge on any atom is -0.388 e. The Bertz CT molecular complexity index is 1390. The predicted octanol–water partition coefficient (Wildman–Crippen LogP) is 3.36. The number of aryl methyl sites for hydroxylation is 1. The van der Waals surface area contributed by atoms with Crippen LogP contribution in [0.5, 0.6) is 0 Å². The molecule has 8 nitrogen and oxygen atoms in total. The number of benzene rings is 1. The van der Waals surface area contributed by atoms with Gasteiger partial charge in [0.1, 0.15) is 35.8 Å². The van der Waals surface area contributed by atoms with E-state index in [0.29, 0.717) is 23.9 Å². The fourth-order valence-electron chi connectivity index (χ4n) is 4.98. The number of aliphatic hydroxyl groups is 2.